The molecule has 4 aromatic rings. The summed E-state index contributed by atoms with van der Waals surface area (Å²) in [7, 11) is 0.910. The summed E-state index contributed by atoms with van der Waals surface area (Å²) in [5.74, 6) is 1.41. The fourth-order valence-corrected chi connectivity index (χ4v) is 11.8. The van der Waals surface area contributed by atoms with Gasteiger partial charge in [0.1, 0.15) is 22.7 Å². The Kier molecular flexibility index (Phi) is 9.75. The molecule has 4 aliphatic rings. The average Bonchev–Trinajstić information content (AvgIpc) is 4.00. The van der Waals surface area contributed by atoms with Crippen molar-refractivity contribution in [2.24, 2.45) is 0 Å². The number of amides is 4. The lowest BCUT2D eigenvalue weighted by Crippen LogP contribution is -2.63. The maximum absolute atomic E-state index is 14.0. The lowest BCUT2D eigenvalue weighted by Gasteiger charge is -2.43. The van der Waals surface area contributed by atoms with E-state index in [1.165, 1.54) is 14.2 Å². The normalized spacial score (nSPS) is 21.8. The molecule has 4 N–H and O–H groups in total. The molecule has 2 aromatic carbocycles. The average molecular weight is 779 g/mol. The molecule has 0 spiro atoms. The third kappa shape index (κ3) is 6.86. The van der Waals surface area contributed by atoms with Crippen LogP contribution in [0, 0.1) is 0 Å². The summed E-state index contributed by atoms with van der Waals surface area (Å²) in [4.78, 5) is 72.2. The summed E-state index contributed by atoms with van der Waals surface area (Å²) >= 11 is 0. The minimum Gasteiger partial charge on any atom is -0.453 e. The first-order valence-electron chi connectivity index (χ1n) is 19.6. The highest BCUT2D eigenvalue weighted by Crippen LogP contribution is 2.43. The minimum absolute atomic E-state index is 0.0426. The molecule has 2 saturated carbocycles. The molecule has 2 saturated heterocycles. The minimum atomic E-state index is -1.73. The molecule has 2 aliphatic carbocycles. The second-order valence-electron chi connectivity index (χ2n) is 16.6. The number of nitrogens with one attached hydrogen (secondary N) is 4. The third-order valence-corrected chi connectivity index (χ3v) is 15.0. The molecule has 4 amide bonds. The number of carbonyl (C=O) groups is 4. The fourth-order valence-electron chi connectivity index (χ4n) is 8.90. The second-order valence-corrected chi connectivity index (χ2v) is 21.7. The Hall–Kier alpha value is -5.44. The van der Waals surface area contributed by atoms with Crippen molar-refractivity contribution in [1.29, 1.82) is 0 Å². The van der Waals surface area contributed by atoms with Gasteiger partial charge in [-0.2, -0.15) is 0 Å². The Morgan fingerprint density at radius 1 is 0.679 bits per heavy atom. The number of methoxy groups -OCH3 is 2. The van der Waals surface area contributed by atoms with Gasteiger partial charge in [0.2, 0.25) is 11.8 Å². The summed E-state index contributed by atoms with van der Waals surface area (Å²) in [6.07, 6.45) is 9.09. The number of imidazole rings is 2. The zero-order valence-electron chi connectivity index (χ0n) is 32.4. The van der Waals surface area contributed by atoms with Crippen LogP contribution in [-0.4, -0.2) is 99.8 Å². The van der Waals surface area contributed by atoms with Crippen LogP contribution < -0.4 is 10.6 Å². The topological polar surface area (TPSA) is 175 Å². The molecule has 14 nitrogen and oxygen atoms in total. The quantitative estimate of drug-likeness (QED) is 0.140. The first-order valence-corrected chi connectivity index (χ1v) is 23.0. The SMILES string of the molecule is COC(=O)NC1(C(=O)N2CCC[C@H]2c2ncc(-c3ccc(-c4ccc(-c5cnc([C@@H]6C[Si](C)(C)CN6C(=O)C6(NC(=O)OC)CCC6)[nH]5)cc4)cc3)[nH]2)CCC1. The highest BCUT2D eigenvalue weighted by molar-refractivity contribution is 6.78. The largest absolute Gasteiger partial charge is 0.453 e. The van der Waals surface area contributed by atoms with Crippen molar-refractivity contribution in [2.45, 2.75) is 93.7 Å². The molecular weight excluding hydrogens is 729 g/mol. The van der Waals surface area contributed by atoms with Gasteiger partial charge in [0.05, 0.1) is 58.2 Å². The van der Waals surface area contributed by atoms with Crippen molar-refractivity contribution in [3.63, 3.8) is 0 Å². The number of nitrogens with zero attached hydrogens (tertiary/aromatic N) is 4. The fraction of sp³-hybridized carbons (Fsp3) is 0.463. The first-order chi connectivity index (χ1) is 26.9. The Labute approximate surface area is 327 Å². The van der Waals surface area contributed by atoms with E-state index in [9.17, 15) is 19.2 Å². The number of rotatable bonds is 9. The zero-order chi connectivity index (χ0) is 39.2. The number of aromatic nitrogens is 4. The van der Waals surface area contributed by atoms with Gasteiger partial charge in [0.25, 0.3) is 0 Å². The predicted octanol–water partition coefficient (Wildman–Crippen LogP) is 6.49. The van der Waals surface area contributed by atoms with Crippen molar-refractivity contribution < 1.29 is 28.7 Å². The van der Waals surface area contributed by atoms with Gasteiger partial charge in [-0.3, -0.25) is 9.59 Å². The molecule has 8 rings (SSSR count). The van der Waals surface area contributed by atoms with Crippen molar-refractivity contribution in [3.05, 3.63) is 72.6 Å². The number of aromatic amines is 2. The Morgan fingerprint density at radius 2 is 1.12 bits per heavy atom. The van der Waals surface area contributed by atoms with Gasteiger partial charge in [0.15, 0.2) is 0 Å². The second kappa shape index (κ2) is 14.6. The lowest BCUT2D eigenvalue weighted by atomic mass is 9.75. The Morgan fingerprint density at radius 3 is 1.57 bits per heavy atom. The molecular formula is C41H50N8O6Si. The van der Waals surface area contributed by atoms with Crippen LogP contribution in [-0.2, 0) is 19.1 Å². The lowest BCUT2D eigenvalue weighted by molar-refractivity contribution is -0.143. The maximum Gasteiger partial charge on any atom is 0.407 e. The van der Waals surface area contributed by atoms with E-state index in [4.69, 9.17) is 19.4 Å². The number of ether oxygens (including phenoxy) is 2. The van der Waals surface area contributed by atoms with Crippen LogP contribution in [0.1, 0.15) is 75.1 Å². The highest BCUT2D eigenvalue weighted by Gasteiger charge is 2.54. The number of alkyl carbamates (subject to hydrolysis) is 2. The van der Waals surface area contributed by atoms with E-state index in [1.807, 2.05) is 22.2 Å². The Balaban J connectivity index is 0.934. The maximum atomic E-state index is 14.0. The summed E-state index contributed by atoms with van der Waals surface area (Å²) in [6.45, 7) is 5.21. The van der Waals surface area contributed by atoms with Gasteiger partial charge in [-0.15, -0.1) is 0 Å². The van der Waals surface area contributed by atoms with Crippen LogP contribution in [0.15, 0.2) is 60.9 Å². The van der Waals surface area contributed by atoms with Gasteiger partial charge in [0, 0.05) is 12.7 Å². The molecule has 4 fully saturated rings. The Bertz CT molecular complexity index is 2120. The summed E-state index contributed by atoms with van der Waals surface area (Å²) in [6, 6.07) is 17.2. The van der Waals surface area contributed by atoms with Crippen LogP contribution in [0.4, 0.5) is 9.59 Å². The molecule has 56 heavy (non-hydrogen) atoms. The van der Waals surface area contributed by atoms with E-state index >= 15 is 0 Å². The van der Waals surface area contributed by atoms with Crippen molar-refractivity contribution >= 4 is 32.1 Å². The summed E-state index contributed by atoms with van der Waals surface area (Å²) in [5.41, 5.74) is 4.07. The monoisotopic (exact) mass is 778 g/mol. The van der Waals surface area contributed by atoms with Crippen LogP contribution in [0.25, 0.3) is 33.6 Å². The van der Waals surface area contributed by atoms with Crippen LogP contribution >= 0.6 is 0 Å². The molecule has 0 unspecified atom stereocenters. The van der Waals surface area contributed by atoms with Crippen LogP contribution in [0.5, 0.6) is 0 Å². The highest BCUT2D eigenvalue weighted by atomic mass is 28.3. The molecule has 2 atom stereocenters. The van der Waals surface area contributed by atoms with Crippen molar-refractivity contribution in [2.75, 3.05) is 26.9 Å². The van der Waals surface area contributed by atoms with Crippen molar-refractivity contribution in [1.82, 2.24) is 40.4 Å². The molecule has 15 heteroatoms. The molecule has 4 heterocycles. The summed E-state index contributed by atoms with van der Waals surface area (Å²) in [5, 5.41) is 5.66. The van der Waals surface area contributed by atoms with Crippen LogP contribution in [0.2, 0.25) is 19.1 Å². The standard InChI is InChI=1S/C41H50N8O6Si/c1-54-38(52)46-40(17-6-18-40)36(50)48-21-5-8-32(48)34-42-22-30(44-34)28-13-9-26(10-14-28)27-11-15-29(16-12-27)31-23-43-35(45-31)33-24-56(3,4)25-49(33)37(51)41(19-7-20-41)47-39(53)55-2/h9-16,22-23,32-33H,5-8,17-21,24-25H2,1-4H3,(H,42,44)(H,43,45)(H,46,52)(H,47,53)/t32-,33-/m0/s1. The van der Waals surface area contributed by atoms with Gasteiger partial charge in [-0.1, -0.05) is 61.6 Å². The number of hydrogen-bond acceptors (Lipinski definition) is 8. The summed E-state index contributed by atoms with van der Waals surface area (Å²) < 4.78 is 9.66. The number of benzene rings is 2. The molecule has 0 bridgehead atoms. The zero-order valence-corrected chi connectivity index (χ0v) is 33.4. The molecule has 2 aliphatic heterocycles. The van der Waals surface area contributed by atoms with Gasteiger partial charge < -0.3 is 39.9 Å². The van der Waals surface area contributed by atoms with Crippen molar-refractivity contribution in [3.8, 4) is 33.6 Å². The van der Waals surface area contributed by atoms with E-state index < -0.39 is 31.3 Å². The van der Waals surface area contributed by atoms with E-state index in [2.05, 4.69) is 82.2 Å². The number of likely N-dealkylation sites (tertiary alicyclic amines) is 1. The number of carbonyl (C=O) groups excluding carboxylic acids is 4. The molecule has 2 aromatic heterocycles. The first kappa shape index (κ1) is 37.5. The third-order valence-electron chi connectivity index (χ3n) is 12.3. The number of H-pyrrole nitrogens is 2. The number of hydrogen-bond donors (Lipinski definition) is 4. The van der Waals surface area contributed by atoms with E-state index in [-0.39, 0.29) is 23.9 Å². The van der Waals surface area contributed by atoms with Gasteiger partial charge in [-0.05, 0) is 79.7 Å². The van der Waals surface area contributed by atoms with Gasteiger partial charge >= 0.3 is 12.2 Å². The predicted molar refractivity (Wildman–Crippen MR) is 212 cm³/mol. The smallest absolute Gasteiger partial charge is 0.407 e. The van der Waals surface area contributed by atoms with E-state index in [0.717, 1.165) is 77.0 Å². The van der Waals surface area contributed by atoms with Gasteiger partial charge in [-0.25, -0.2) is 19.6 Å². The van der Waals surface area contributed by atoms with E-state index in [1.54, 1.807) is 0 Å². The van der Waals surface area contributed by atoms with Crippen LogP contribution in [0.3, 0.4) is 0 Å². The van der Waals surface area contributed by atoms with E-state index in [0.29, 0.717) is 38.4 Å². The molecule has 0 radical (unpaired) electrons. The molecule has 294 valence electrons.